The molecule has 0 aliphatic heterocycles. The number of benzene rings is 8. The molecule has 3 aromatic heterocycles. The predicted octanol–water partition coefficient (Wildman–Crippen LogP) is 4.88. The molecule has 0 aliphatic carbocycles. The number of nitrogens with two attached hydrogens (primary N) is 1. The van der Waals surface area contributed by atoms with E-state index in [1.165, 1.54) is 36.0 Å². The van der Waals surface area contributed by atoms with Gasteiger partial charge in [-0.2, -0.15) is 0 Å². The fraction of sp³-hybridized carbons (Fsp3) is 0.0545. The molecule has 3 heterocycles. The lowest BCUT2D eigenvalue weighted by Crippen LogP contribution is -3.00. The van der Waals surface area contributed by atoms with Crippen LogP contribution in [0.4, 0.5) is 17.1 Å². The maximum Gasteiger partial charge on any atom is 0.524 e. The number of H-pyrrole nitrogens is 1. The second kappa shape index (κ2) is 26.5. The highest BCUT2D eigenvalue weighted by atomic mass is 79.9. The Balaban J connectivity index is 0.000000307. The SMILES string of the molecule is COc1cc(-c2ccc(-[n+]3nc(-c4ccccc4)nn3-c3ccc([N+](=O)[O-])cc3)c(OC)c2)ccc1-[n+]1nc(-c2ccccc2)nn1-c1ccc([N+](=O)[O-])cc1.Cc1ccc(N)cc1.O=P(O)(O)Oc1c[nH]c2ccc(Br)c(Cl)c12.[Cl-].[Cl-]. The molecular formula is C55H45BrCl3N12O10P. The molecule has 0 saturated heterocycles. The van der Waals surface area contributed by atoms with Crippen molar-refractivity contribution in [2.75, 3.05) is 20.0 Å². The van der Waals surface area contributed by atoms with Gasteiger partial charge in [0.1, 0.15) is 11.4 Å². The number of rotatable bonds is 13. The van der Waals surface area contributed by atoms with E-state index in [0.29, 0.717) is 66.3 Å². The highest BCUT2D eigenvalue weighted by Crippen LogP contribution is 2.44. The molecule has 0 bridgehead atoms. The van der Waals surface area contributed by atoms with Crippen molar-refractivity contribution >= 4 is 63.3 Å². The van der Waals surface area contributed by atoms with Gasteiger partial charge in [-0.05, 0) is 163 Å². The number of ether oxygens (including phenoxy) is 2. The molecule has 0 aliphatic rings. The summed E-state index contributed by atoms with van der Waals surface area (Å²) in [5, 5.41) is 42.7. The minimum Gasteiger partial charge on any atom is -1.00 e. The van der Waals surface area contributed by atoms with Gasteiger partial charge in [0.25, 0.3) is 11.4 Å². The molecule has 0 fully saturated rings. The van der Waals surface area contributed by atoms with Crippen LogP contribution in [0.15, 0.2) is 193 Å². The number of nitrogens with one attached hydrogen (secondary N) is 1. The fourth-order valence-corrected chi connectivity index (χ4v) is 8.96. The molecule has 0 unspecified atom stereocenters. The zero-order valence-electron chi connectivity index (χ0n) is 43.1. The van der Waals surface area contributed by atoms with E-state index in [1.54, 1.807) is 69.8 Å². The first kappa shape index (κ1) is 60.6. The molecule has 0 radical (unpaired) electrons. The zero-order chi connectivity index (χ0) is 56.7. The fourth-order valence-electron chi connectivity index (χ4n) is 7.97. The van der Waals surface area contributed by atoms with Gasteiger partial charge in [-0.25, -0.2) is 4.57 Å². The van der Waals surface area contributed by atoms with Gasteiger partial charge in [-0.3, -0.25) is 30.0 Å². The first-order valence-electron chi connectivity index (χ1n) is 23.8. The topological polar surface area (TPSA) is 282 Å². The van der Waals surface area contributed by atoms with Crippen molar-refractivity contribution in [1.82, 2.24) is 35.0 Å². The van der Waals surface area contributed by atoms with Gasteiger partial charge in [0, 0.05) is 50.2 Å². The number of halogens is 4. The second-order valence-corrected chi connectivity index (χ2v) is 19.6. The van der Waals surface area contributed by atoms with E-state index < -0.39 is 17.7 Å². The average Bonchev–Trinajstić information content (AvgIpc) is 4.44. The first-order chi connectivity index (χ1) is 38.5. The number of non-ortho nitro benzene ring substituents is 2. The molecule has 8 aromatic carbocycles. The molecule has 27 heteroatoms. The number of hydrogen-bond acceptors (Lipinski definition) is 13. The van der Waals surface area contributed by atoms with Gasteiger partial charge in [0.15, 0.2) is 17.2 Å². The average molecular weight is 1250 g/mol. The number of nitrogen functional groups attached to an aromatic ring is 1. The number of nitro groups is 2. The van der Waals surface area contributed by atoms with Crippen LogP contribution in [0.1, 0.15) is 5.56 Å². The summed E-state index contributed by atoms with van der Waals surface area (Å²) in [5.41, 5.74) is 13.4. The molecule has 11 rings (SSSR count). The number of phosphoric ester groups is 1. The van der Waals surface area contributed by atoms with Crippen LogP contribution < -0.4 is 54.1 Å². The molecule has 0 spiro atoms. The summed E-state index contributed by atoms with van der Waals surface area (Å²) in [7, 11) is -1.47. The van der Waals surface area contributed by atoms with Crippen molar-refractivity contribution in [3.63, 3.8) is 0 Å². The standard InChI is InChI=1S/C40H30N10O6.C8H6BrClNO4P.C7H9N.2ClH/c1-55-37-25-29(13-23-35(37)47-43-39(27-9-5-3-6-10-27)41-45(47)31-15-19-33(20-16-31)49(51)52)30-14-24-36(38(26-30)56-2)48-44-40(28-11-7-4-8-12-28)42-46(48)32-17-21-34(22-18-32)50(53)54;9-4-1-2-5-7(8(4)10)6(3-11-5)15-16(12,13)14;1-6-2-4-7(8)5-3-6;;/h3-26H,1-2H3;1-3,11H,(H2,12,13,14);2-5H,8H2,1H3;2*1H/q+2;;;;/p-2. The van der Waals surface area contributed by atoms with Gasteiger partial charge in [0.05, 0.1) is 61.3 Å². The molecule has 0 saturated carbocycles. The summed E-state index contributed by atoms with van der Waals surface area (Å²) >= 11 is 9.22. The van der Waals surface area contributed by atoms with Crippen molar-refractivity contribution in [2.45, 2.75) is 6.92 Å². The van der Waals surface area contributed by atoms with Gasteiger partial charge in [0.2, 0.25) is 11.4 Å². The third-order valence-corrected chi connectivity index (χ3v) is 13.6. The number of fused-ring (bicyclic) bond motifs is 1. The summed E-state index contributed by atoms with van der Waals surface area (Å²) < 4.78 is 27.7. The minimum atomic E-state index is -4.59. The van der Waals surface area contributed by atoms with E-state index in [4.69, 9.17) is 57.0 Å². The van der Waals surface area contributed by atoms with Crippen molar-refractivity contribution in [2.24, 2.45) is 0 Å². The lowest BCUT2D eigenvalue weighted by Gasteiger charge is -2.11. The zero-order valence-corrected chi connectivity index (χ0v) is 47.8. The van der Waals surface area contributed by atoms with Crippen LogP contribution in [0.3, 0.4) is 0 Å². The van der Waals surface area contributed by atoms with Gasteiger partial charge in [-0.1, -0.05) is 65.7 Å². The van der Waals surface area contributed by atoms with Crippen LogP contribution in [-0.2, 0) is 4.57 Å². The number of hydrogen-bond donors (Lipinski definition) is 4. The Morgan fingerprint density at radius 2 is 1.06 bits per heavy atom. The lowest BCUT2D eigenvalue weighted by atomic mass is 10.0. The summed E-state index contributed by atoms with van der Waals surface area (Å²) in [6.07, 6.45) is 1.35. The maximum atomic E-state index is 11.4. The van der Waals surface area contributed by atoms with Crippen LogP contribution >= 0.6 is 35.4 Å². The van der Waals surface area contributed by atoms with E-state index in [9.17, 15) is 24.8 Å². The largest absolute Gasteiger partial charge is 1.00 e. The van der Waals surface area contributed by atoms with Crippen molar-refractivity contribution in [1.29, 1.82) is 0 Å². The Labute approximate surface area is 492 Å². The number of aryl methyl sites for hydroxylation is 1. The summed E-state index contributed by atoms with van der Waals surface area (Å²) in [4.78, 5) is 48.4. The normalized spacial score (nSPS) is 10.7. The van der Waals surface area contributed by atoms with Gasteiger partial charge >= 0.3 is 19.5 Å². The van der Waals surface area contributed by atoms with E-state index in [-0.39, 0.29) is 41.9 Å². The van der Waals surface area contributed by atoms with Crippen LogP contribution in [0, 0.1) is 27.2 Å². The van der Waals surface area contributed by atoms with E-state index >= 15 is 0 Å². The number of aromatic nitrogens is 9. The van der Waals surface area contributed by atoms with E-state index in [0.717, 1.165) is 27.9 Å². The Kier molecular flexibility index (Phi) is 19.6. The third-order valence-electron chi connectivity index (χ3n) is 11.9. The quantitative estimate of drug-likeness (QED) is 0.0394. The highest BCUT2D eigenvalue weighted by Gasteiger charge is 2.29. The molecule has 82 heavy (non-hydrogen) atoms. The second-order valence-electron chi connectivity index (χ2n) is 17.2. The molecular weight excluding hydrogens is 1210 g/mol. The summed E-state index contributed by atoms with van der Waals surface area (Å²) in [5.74, 6) is 1.85. The predicted molar refractivity (Wildman–Crippen MR) is 301 cm³/mol. The summed E-state index contributed by atoms with van der Waals surface area (Å²) in [6.45, 7) is 2.04. The van der Waals surface area contributed by atoms with Crippen LogP contribution in [0.5, 0.6) is 17.2 Å². The molecule has 11 aromatic rings. The van der Waals surface area contributed by atoms with Crippen molar-refractivity contribution < 1.29 is 72.6 Å². The van der Waals surface area contributed by atoms with Gasteiger partial charge in [-0.15, -0.1) is 0 Å². The maximum absolute atomic E-state index is 11.4. The summed E-state index contributed by atoms with van der Waals surface area (Å²) in [6, 6.07) is 53.5. The molecule has 0 atom stereocenters. The minimum absolute atomic E-state index is 0. The molecule has 418 valence electrons. The Morgan fingerprint density at radius 1 is 0.622 bits per heavy atom. The van der Waals surface area contributed by atoms with Crippen LogP contribution in [0.25, 0.3) is 67.6 Å². The van der Waals surface area contributed by atoms with Crippen molar-refractivity contribution in [3.05, 3.63) is 223 Å². The number of nitrogens with zero attached hydrogens (tertiary/aromatic N) is 10. The number of aromatic amines is 1. The van der Waals surface area contributed by atoms with E-state index in [2.05, 4.69) is 25.4 Å². The monoisotopic (exact) mass is 1250 g/mol. The molecule has 0 amide bonds. The van der Waals surface area contributed by atoms with Crippen molar-refractivity contribution in [3.8, 4) is 73.9 Å². The Bertz CT molecular complexity index is 3870. The van der Waals surface area contributed by atoms with Crippen LogP contribution in [0.2, 0.25) is 5.02 Å². The Hall–Kier alpha value is -9.06. The first-order valence-corrected chi connectivity index (χ1v) is 26.5. The van der Waals surface area contributed by atoms with Gasteiger partial charge < -0.3 is 49.5 Å². The Morgan fingerprint density at radius 3 is 1.45 bits per heavy atom. The molecule has 22 nitrogen and oxygen atoms in total. The molecule has 5 N–H and O–H groups in total. The number of methoxy groups -OCH3 is 2. The number of tetrazole rings is 2. The third kappa shape index (κ3) is 13.9. The number of nitro benzene ring substituents is 2. The highest BCUT2D eigenvalue weighted by molar-refractivity contribution is 9.10. The van der Waals surface area contributed by atoms with E-state index in [1.807, 2.05) is 128 Å². The lowest BCUT2D eigenvalue weighted by molar-refractivity contribution is -0.734. The number of anilines is 1. The smallest absolute Gasteiger partial charge is 0.524 e. The van der Waals surface area contributed by atoms with Crippen LogP contribution in [-0.4, -0.2) is 68.8 Å². The number of phosphoric acid groups is 1.